The first-order chi connectivity index (χ1) is 13.6. The van der Waals surface area contributed by atoms with E-state index in [2.05, 4.69) is 15.6 Å². The van der Waals surface area contributed by atoms with Crippen LogP contribution in [0.3, 0.4) is 0 Å². The van der Waals surface area contributed by atoms with Crippen LogP contribution in [0.25, 0.3) is 0 Å². The van der Waals surface area contributed by atoms with E-state index >= 15 is 0 Å². The summed E-state index contributed by atoms with van der Waals surface area (Å²) in [5.41, 5.74) is 0.905. The van der Waals surface area contributed by atoms with E-state index in [1.807, 2.05) is 30.3 Å². The highest BCUT2D eigenvalue weighted by atomic mass is 16.5. The van der Waals surface area contributed by atoms with Crippen LogP contribution in [0.1, 0.15) is 41.6 Å². The van der Waals surface area contributed by atoms with Crippen molar-refractivity contribution in [1.29, 1.82) is 0 Å². The van der Waals surface area contributed by atoms with Gasteiger partial charge in [-0.05, 0) is 48.9 Å². The molecule has 1 aromatic heterocycles. The molecule has 2 N–H and O–H groups in total. The van der Waals surface area contributed by atoms with Crippen molar-refractivity contribution in [3.05, 3.63) is 59.9 Å². The topological polar surface area (TPSA) is 80.3 Å². The molecule has 4 aliphatic rings. The molecular formula is C22H23N3O3. The fraction of sp³-hybridized carbons (Fsp3) is 0.409. The first-order valence-corrected chi connectivity index (χ1v) is 9.92. The van der Waals surface area contributed by atoms with Crippen molar-refractivity contribution in [2.45, 2.75) is 38.0 Å². The van der Waals surface area contributed by atoms with Crippen LogP contribution in [0, 0.1) is 17.8 Å². The fourth-order valence-corrected chi connectivity index (χ4v) is 5.10. The molecule has 0 saturated heterocycles. The molecule has 4 atom stereocenters. The van der Waals surface area contributed by atoms with Crippen LogP contribution in [-0.2, 0) is 11.3 Å². The Balaban J connectivity index is 1.30. The summed E-state index contributed by atoms with van der Waals surface area (Å²) in [4.78, 5) is 29.6. The number of hydrogen-bond donors (Lipinski definition) is 2. The van der Waals surface area contributed by atoms with Crippen LogP contribution in [0.4, 0.5) is 0 Å². The predicted octanol–water partition coefficient (Wildman–Crippen LogP) is 2.65. The maximum Gasteiger partial charge on any atom is 0.258 e. The third-order valence-corrected chi connectivity index (χ3v) is 6.49. The van der Waals surface area contributed by atoms with Gasteiger partial charge in [0.15, 0.2) is 5.72 Å². The van der Waals surface area contributed by atoms with Gasteiger partial charge >= 0.3 is 0 Å². The lowest BCUT2D eigenvalue weighted by Gasteiger charge is -2.55. The highest BCUT2D eigenvalue weighted by Crippen LogP contribution is 2.52. The molecule has 3 fully saturated rings. The number of hydrogen-bond acceptors (Lipinski definition) is 4. The summed E-state index contributed by atoms with van der Waals surface area (Å²) in [5, 5.41) is 6.20. The number of para-hydroxylation sites is 1. The first-order valence-electron chi connectivity index (χ1n) is 9.92. The van der Waals surface area contributed by atoms with E-state index in [0.717, 1.165) is 24.8 Å². The fourth-order valence-electron chi connectivity index (χ4n) is 5.10. The molecule has 144 valence electrons. The van der Waals surface area contributed by atoms with Crippen LogP contribution in [0.2, 0.25) is 0 Å². The quantitative estimate of drug-likeness (QED) is 0.862. The molecule has 2 heterocycles. The number of benzene rings is 1. The second-order valence-corrected chi connectivity index (χ2v) is 8.10. The molecule has 6 heteroatoms. The Hall–Kier alpha value is -2.89. The maximum absolute atomic E-state index is 12.8. The molecule has 6 nitrogen and oxygen atoms in total. The molecule has 2 bridgehead atoms. The summed E-state index contributed by atoms with van der Waals surface area (Å²) in [6.45, 7) is 0.492. The Morgan fingerprint density at radius 3 is 2.93 bits per heavy atom. The Bertz CT molecular complexity index is 916. The minimum Gasteiger partial charge on any atom is -0.467 e. The molecule has 0 radical (unpaired) electrons. The minimum absolute atomic E-state index is 0.0290. The summed E-state index contributed by atoms with van der Waals surface area (Å²) in [6, 6.07) is 11.2. The van der Waals surface area contributed by atoms with Crippen LogP contribution in [0.15, 0.2) is 48.8 Å². The molecule has 6 rings (SSSR count). The molecule has 3 aliphatic carbocycles. The Morgan fingerprint density at radius 2 is 2.14 bits per heavy atom. The van der Waals surface area contributed by atoms with Crippen molar-refractivity contribution in [3.63, 3.8) is 0 Å². The summed E-state index contributed by atoms with van der Waals surface area (Å²) >= 11 is 0. The number of nitrogens with one attached hydrogen (secondary N) is 2. The SMILES string of the molecule is O=C1NC2(CC3CCC2CC3C(=O)NCc2cccnc2)Oc2ccccc21. The van der Waals surface area contributed by atoms with Crippen LogP contribution in [-0.4, -0.2) is 22.5 Å². The zero-order valence-electron chi connectivity index (χ0n) is 15.6. The standard InChI is InChI=1S/C22H23N3O3/c26-20(24-13-14-4-3-9-23-12-14)18-10-16-8-7-15(18)11-22(16)25-21(27)17-5-1-2-6-19(17)28-22/h1-6,9,12,15-16,18H,7-8,10-11,13H2,(H,24,26)(H,25,27). The van der Waals surface area contributed by atoms with Gasteiger partial charge in [0, 0.05) is 37.2 Å². The highest BCUT2D eigenvalue weighted by molar-refractivity contribution is 5.98. The third kappa shape index (κ3) is 2.84. The van der Waals surface area contributed by atoms with E-state index in [1.165, 1.54) is 0 Å². The lowest BCUT2D eigenvalue weighted by Crippen LogP contribution is -2.66. The van der Waals surface area contributed by atoms with Crippen molar-refractivity contribution in [1.82, 2.24) is 15.6 Å². The maximum atomic E-state index is 12.8. The number of carbonyl (C=O) groups excluding carboxylic acids is 2. The van der Waals surface area contributed by atoms with Crippen molar-refractivity contribution < 1.29 is 14.3 Å². The largest absolute Gasteiger partial charge is 0.467 e. The van der Waals surface area contributed by atoms with Crippen LogP contribution < -0.4 is 15.4 Å². The van der Waals surface area contributed by atoms with Gasteiger partial charge in [-0.15, -0.1) is 0 Å². The van der Waals surface area contributed by atoms with E-state index in [4.69, 9.17) is 4.74 Å². The van der Waals surface area contributed by atoms with Gasteiger partial charge in [0.1, 0.15) is 5.75 Å². The summed E-state index contributed by atoms with van der Waals surface area (Å²) in [6.07, 6.45) is 6.89. The lowest BCUT2D eigenvalue weighted by atomic mass is 9.60. The van der Waals surface area contributed by atoms with Gasteiger partial charge in [0.2, 0.25) is 5.91 Å². The van der Waals surface area contributed by atoms with E-state index in [9.17, 15) is 9.59 Å². The van der Waals surface area contributed by atoms with Gasteiger partial charge in [0.05, 0.1) is 5.56 Å². The number of ether oxygens (including phenoxy) is 1. The van der Waals surface area contributed by atoms with Gasteiger partial charge in [0.25, 0.3) is 5.91 Å². The van der Waals surface area contributed by atoms with Gasteiger partial charge in [-0.3, -0.25) is 14.6 Å². The Morgan fingerprint density at radius 1 is 1.25 bits per heavy atom. The normalized spacial score (nSPS) is 30.3. The van der Waals surface area contributed by atoms with E-state index in [1.54, 1.807) is 18.5 Å². The summed E-state index contributed by atoms with van der Waals surface area (Å²) < 4.78 is 6.35. The Kier molecular flexibility index (Phi) is 4.07. The predicted molar refractivity (Wildman–Crippen MR) is 102 cm³/mol. The van der Waals surface area contributed by atoms with E-state index in [0.29, 0.717) is 24.3 Å². The number of rotatable bonds is 3. The Labute approximate surface area is 163 Å². The van der Waals surface area contributed by atoms with Crippen molar-refractivity contribution in [2.75, 3.05) is 0 Å². The second-order valence-electron chi connectivity index (χ2n) is 8.10. The van der Waals surface area contributed by atoms with E-state index < -0.39 is 5.72 Å². The number of carbonyl (C=O) groups is 2. The first kappa shape index (κ1) is 17.2. The third-order valence-electron chi connectivity index (χ3n) is 6.49. The molecule has 1 aliphatic heterocycles. The highest BCUT2D eigenvalue weighted by Gasteiger charge is 2.57. The van der Waals surface area contributed by atoms with Crippen molar-refractivity contribution in [2.24, 2.45) is 17.8 Å². The molecule has 2 aromatic rings. The van der Waals surface area contributed by atoms with E-state index in [-0.39, 0.29) is 29.6 Å². The van der Waals surface area contributed by atoms with Gasteiger partial charge in [-0.25, -0.2) is 0 Å². The summed E-state index contributed by atoms with van der Waals surface area (Å²) in [5.74, 6) is 0.992. The summed E-state index contributed by atoms with van der Waals surface area (Å²) in [7, 11) is 0. The van der Waals surface area contributed by atoms with Crippen molar-refractivity contribution in [3.8, 4) is 5.75 Å². The molecule has 1 spiro atoms. The zero-order chi connectivity index (χ0) is 19.1. The number of fused-ring (bicyclic) bond motifs is 3. The van der Waals surface area contributed by atoms with Crippen molar-refractivity contribution >= 4 is 11.8 Å². The van der Waals surface area contributed by atoms with Crippen LogP contribution in [0.5, 0.6) is 5.75 Å². The molecule has 28 heavy (non-hydrogen) atoms. The number of aromatic nitrogens is 1. The smallest absolute Gasteiger partial charge is 0.258 e. The average Bonchev–Trinajstić information content (AvgIpc) is 2.73. The monoisotopic (exact) mass is 377 g/mol. The van der Waals surface area contributed by atoms with Gasteiger partial charge in [-0.1, -0.05) is 18.2 Å². The molecule has 1 aromatic carbocycles. The average molecular weight is 377 g/mol. The minimum atomic E-state index is -0.672. The van der Waals surface area contributed by atoms with Gasteiger partial charge in [-0.2, -0.15) is 0 Å². The second kappa shape index (κ2) is 6.62. The number of pyridine rings is 1. The number of amides is 2. The lowest BCUT2D eigenvalue weighted by molar-refractivity contribution is -0.146. The molecular weight excluding hydrogens is 354 g/mol. The molecule has 3 saturated carbocycles. The van der Waals surface area contributed by atoms with Gasteiger partial charge < -0.3 is 15.4 Å². The number of nitrogens with zero attached hydrogens (tertiary/aromatic N) is 1. The van der Waals surface area contributed by atoms with Crippen LogP contribution >= 0.6 is 0 Å². The zero-order valence-corrected chi connectivity index (χ0v) is 15.6. The molecule has 2 amide bonds. The molecule has 4 unspecified atom stereocenters.